The van der Waals surface area contributed by atoms with Crippen LogP contribution in [0.2, 0.25) is 0 Å². The fourth-order valence-corrected chi connectivity index (χ4v) is 13.1. The van der Waals surface area contributed by atoms with Crippen LogP contribution >= 0.6 is 16.3 Å². The fourth-order valence-electron chi connectivity index (χ4n) is 7.07. The van der Waals surface area contributed by atoms with Crippen molar-refractivity contribution in [2.24, 2.45) is 0 Å². The molecule has 0 bridgehead atoms. The first-order valence-electron chi connectivity index (χ1n) is 14.9. The molecule has 0 aromatic heterocycles. The first-order valence-corrected chi connectivity index (χ1v) is 17.7. The van der Waals surface area contributed by atoms with E-state index in [1.807, 2.05) is 0 Å². The third-order valence-corrected chi connectivity index (χ3v) is 14.8. The average Bonchev–Trinajstić information content (AvgIpc) is 2.92. The molecule has 0 radical (unpaired) electrons. The Morgan fingerprint density at radius 3 is 1.03 bits per heavy atom. The van der Waals surface area contributed by atoms with Crippen LogP contribution in [0.5, 0.6) is 11.5 Å². The van der Waals surface area contributed by atoms with E-state index in [2.05, 4.69) is 24.3 Å². The highest BCUT2D eigenvalue weighted by atomic mass is 31.1. The molecular weight excluding hydrogens is 454 g/mol. The van der Waals surface area contributed by atoms with E-state index in [4.69, 9.17) is 9.05 Å². The van der Waals surface area contributed by atoms with Crippen molar-refractivity contribution < 1.29 is 9.05 Å². The topological polar surface area (TPSA) is 18.5 Å². The molecule has 1 aromatic carbocycles. The molecule has 0 amide bonds. The summed E-state index contributed by atoms with van der Waals surface area (Å²) in [6, 6.07) is 8.92. The predicted molar refractivity (Wildman–Crippen MR) is 149 cm³/mol. The Balaban J connectivity index is 1.30. The summed E-state index contributed by atoms with van der Waals surface area (Å²) in [5.74, 6) is 2.20. The molecule has 190 valence electrons. The molecule has 0 N–H and O–H groups in total. The molecule has 0 unspecified atom stereocenters. The van der Waals surface area contributed by atoms with Crippen molar-refractivity contribution in [2.75, 3.05) is 0 Å². The van der Waals surface area contributed by atoms with Crippen LogP contribution in [0.25, 0.3) is 0 Å². The molecule has 0 spiro atoms. The Labute approximate surface area is 212 Å². The van der Waals surface area contributed by atoms with Gasteiger partial charge in [0.2, 0.25) is 0 Å². The van der Waals surface area contributed by atoms with Crippen molar-refractivity contribution in [1.29, 1.82) is 0 Å². The highest BCUT2D eigenvalue weighted by molar-refractivity contribution is 7.54. The maximum absolute atomic E-state index is 7.00. The molecule has 5 rings (SSSR count). The molecule has 4 aliphatic carbocycles. The van der Waals surface area contributed by atoms with Gasteiger partial charge in [0.1, 0.15) is 11.5 Å². The van der Waals surface area contributed by atoms with Gasteiger partial charge in [-0.15, -0.1) is 0 Å². The van der Waals surface area contributed by atoms with Gasteiger partial charge in [-0.2, -0.15) is 0 Å². The Bertz CT molecular complexity index is 623. The molecule has 4 aliphatic rings. The van der Waals surface area contributed by atoms with Crippen molar-refractivity contribution in [3.63, 3.8) is 0 Å². The van der Waals surface area contributed by atoms with E-state index in [0.717, 1.165) is 34.1 Å². The van der Waals surface area contributed by atoms with Crippen LogP contribution < -0.4 is 9.05 Å². The van der Waals surface area contributed by atoms with Gasteiger partial charge in [0.05, 0.1) is 16.3 Å². The summed E-state index contributed by atoms with van der Waals surface area (Å²) >= 11 is 0. The minimum atomic E-state index is -0.381. The quantitative estimate of drug-likeness (QED) is 0.329. The lowest BCUT2D eigenvalue weighted by atomic mass is 10.00. The van der Waals surface area contributed by atoms with Crippen LogP contribution in [0, 0.1) is 0 Å². The second-order valence-electron chi connectivity index (χ2n) is 11.5. The molecule has 2 nitrogen and oxygen atoms in total. The summed E-state index contributed by atoms with van der Waals surface area (Å²) in [5, 5.41) is 0. The van der Waals surface area contributed by atoms with Crippen molar-refractivity contribution >= 4 is 16.3 Å². The molecular formula is C30H48O2P2. The first-order chi connectivity index (χ1) is 16.9. The van der Waals surface area contributed by atoms with Gasteiger partial charge in [-0.05, 0) is 63.5 Å². The lowest BCUT2D eigenvalue weighted by molar-refractivity contribution is 0.444. The van der Waals surface area contributed by atoms with Gasteiger partial charge < -0.3 is 9.05 Å². The Morgan fingerprint density at radius 2 is 0.735 bits per heavy atom. The predicted octanol–water partition coefficient (Wildman–Crippen LogP) is 10.6. The maximum Gasteiger partial charge on any atom is 0.127 e. The van der Waals surface area contributed by atoms with Gasteiger partial charge in [-0.25, -0.2) is 0 Å². The smallest absolute Gasteiger partial charge is 0.127 e. The minimum Gasteiger partial charge on any atom is -0.473 e. The van der Waals surface area contributed by atoms with Gasteiger partial charge in [-0.3, -0.25) is 0 Å². The Hall–Kier alpha value is -0.320. The third-order valence-electron chi connectivity index (χ3n) is 8.97. The van der Waals surface area contributed by atoms with Gasteiger partial charge in [-0.1, -0.05) is 83.1 Å². The van der Waals surface area contributed by atoms with Crippen LogP contribution in [0.4, 0.5) is 0 Å². The van der Waals surface area contributed by atoms with E-state index >= 15 is 0 Å². The third kappa shape index (κ3) is 6.91. The van der Waals surface area contributed by atoms with Crippen molar-refractivity contribution in [3.8, 4) is 11.5 Å². The van der Waals surface area contributed by atoms with Crippen LogP contribution in [0.1, 0.15) is 128 Å². The van der Waals surface area contributed by atoms with Crippen molar-refractivity contribution in [1.82, 2.24) is 0 Å². The van der Waals surface area contributed by atoms with E-state index in [-0.39, 0.29) is 16.3 Å². The average molecular weight is 503 g/mol. The van der Waals surface area contributed by atoms with E-state index < -0.39 is 0 Å². The largest absolute Gasteiger partial charge is 0.473 e. The zero-order valence-electron chi connectivity index (χ0n) is 21.5. The molecule has 0 aliphatic heterocycles. The van der Waals surface area contributed by atoms with Crippen LogP contribution in [0.3, 0.4) is 0 Å². The molecule has 0 saturated heterocycles. The summed E-state index contributed by atoms with van der Waals surface area (Å²) < 4.78 is 14.0. The molecule has 34 heavy (non-hydrogen) atoms. The monoisotopic (exact) mass is 502 g/mol. The Kier molecular flexibility index (Phi) is 9.90. The van der Waals surface area contributed by atoms with Gasteiger partial charge in [0.25, 0.3) is 0 Å². The van der Waals surface area contributed by atoms with E-state index in [1.165, 1.54) is 128 Å². The summed E-state index contributed by atoms with van der Waals surface area (Å²) in [4.78, 5) is 0. The van der Waals surface area contributed by atoms with Crippen LogP contribution in [-0.2, 0) is 0 Å². The van der Waals surface area contributed by atoms with Crippen molar-refractivity contribution in [3.05, 3.63) is 24.3 Å². The number of hydrogen-bond donors (Lipinski definition) is 0. The number of hydrogen-bond acceptors (Lipinski definition) is 2. The number of rotatable bonds is 8. The SMILES string of the molecule is c1cc(OP(C2CCCCC2)C2CCCCC2)cc(OP(C2CCCCC2)C2CCCCC2)c1. The fraction of sp³-hybridized carbons (Fsp3) is 0.800. The van der Waals surface area contributed by atoms with E-state index in [0.29, 0.717) is 0 Å². The van der Waals surface area contributed by atoms with E-state index in [1.54, 1.807) is 0 Å². The standard InChI is InChI=1S/C30H48O2P2/c1-5-16-27(17-6-1)33(28-18-7-2-8-19-28)31-25-14-13-15-26(24-25)32-34(29-20-9-3-10-21-29)30-22-11-4-12-23-30/h13-15,24,27-30H,1-12,16-23H2. The zero-order chi connectivity index (χ0) is 23.0. The van der Waals surface area contributed by atoms with Crippen molar-refractivity contribution in [2.45, 2.75) is 151 Å². The zero-order valence-corrected chi connectivity index (χ0v) is 23.3. The lowest BCUT2D eigenvalue weighted by Crippen LogP contribution is -2.23. The highest BCUT2D eigenvalue weighted by Crippen LogP contribution is 2.58. The number of benzene rings is 1. The van der Waals surface area contributed by atoms with Crippen LogP contribution in [0.15, 0.2) is 24.3 Å². The summed E-state index contributed by atoms with van der Waals surface area (Å²) in [6.07, 6.45) is 28.2. The normalized spacial score (nSPS) is 24.5. The molecule has 1 aromatic rings. The highest BCUT2D eigenvalue weighted by Gasteiger charge is 2.35. The van der Waals surface area contributed by atoms with E-state index in [9.17, 15) is 0 Å². The second kappa shape index (κ2) is 13.3. The lowest BCUT2D eigenvalue weighted by Gasteiger charge is -2.38. The molecule has 0 heterocycles. The summed E-state index contributed by atoms with van der Waals surface area (Å²) in [7, 11) is -0.761. The molecule has 4 saturated carbocycles. The first kappa shape index (κ1) is 25.3. The second-order valence-corrected chi connectivity index (χ2v) is 16.3. The summed E-state index contributed by atoms with van der Waals surface area (Å²) in [6.45, 7) is 0. The Morgan fingerprint density at radius 1 is 0.441 bits per heavy atom. The minimum absolute atomic E-state index is 0.381. The van der Waals surface area contributed by atoms with Gasteiger partial charge in [0.15, 0.2) is 0 Å². The molecule has 4 fully saturated rings. The van der Waals surface area contributed by atoms with Crippen LogP contribution in [-0.4, -0.2) is 22.6 Å². The molecule has 0 atom stereocenters. The van der Waals surface area contributed by atoms with Gasteiger partial charge in [0, 0.05) is 28.7 Å². The molecule has 4 heteroatoms. The van der Waals surface area contributed by atoms with Gasteiger partial charge >= 0.3 is 0 Å². The maximum atomic E-state index is 7.00. The summed E-state index contributed by atoms with van der Waals surface area (Å²) in [5.41, 5.74) is 3.27.